The first-order valence-electron chi connectivity index (χ1n) is 14.0. The third-order valence-electron chi connectivity index (χ3n) is 8.03. The third kappa shape index (κ3) is 5.60. The van der Waals surface area contributed by atoms with Gasteiger partial charge in [-0.2, -0.15) is 0 Å². The number of rotatable bonds is 6. The number of amides is 1. The molecule has 210 valence electrons. The third-order valence-corrected chi connectivity index (χ3v) is 8.28. The number of allylic oxidation sites excluding steroid dienone is 4. The fourth-order valence-electron chi connectivity index (χ4n) is 6.43. The number of carbonyl (C=O) groups is 3. The van der Waals surface area contributed by atoms with Crippen molar-refractivity contribution in [2.75, 3.05) is 18.5 Å². The summed E-state index contributed by atoms with van der Waals surface area (Å²) >= 11 is 5.93. The number of Topliss-reactive ketones (excluding diaryl/α,β-unsaturated/α-hetero) is 2. The van der Waals surface area contributed by atoms with E-state index in [4.69, 9.17) is 16.3 Å². The lowest BCUT2D eigenvalue weighted by Gasteiger charge is -2.48. The molecule has 0 radical (unpaired) electrons. The minimum atomic E-state index is -0.438. The van der Waals surface area contributed by atoms with Crippen LogP contribution in [-0.2, 0) is 14.4 Å². The van der Waals surface area contributed by atoms with Crippen LogP contribution in [0.2, 0.25) is 5.02 Å². The lowest BCUT2D eigenvalue weighted by Crippen LogP contribution is -2.44. The van der Waals surface area contributed by atoms with Gasteiger partial charge in [-0.05, 0) is 72.6 Å². The van der Waals surface area contributed by atoms with Crippen LogP contribution in [0.15, 0.2) is 71.1 Å². The van der Waals surface area contributed by atoms with Gasteiger partial charge in [0.25, 0.3) is 5.91 Å². The molecule has 0 saturated carbocycles. The molecule has 0 aromatic heterocycles. The van der Waals surface area contributed by atoms with Crippen LogP contribution in [0, 0.1) is 10.8 Å². The minimum absolute atomic E-state index is 0.104. The molecule has 0 saturated heterocycles. The lowest BCUT2D eigenvalue weighted by atomic mass is 9.63. The van der Waals surface area contributed by atoms with Crippen molar-refractivity contribution in [1.82, 2.24) is 4.90 Å². The van der Waals surface area contributed by atoms with Gasteiger partial charge in [-0.3, -0.25) is 14.4 Å². The highest BCUT2D eigenvalue weighted by atomic mass is 35.5. The maximum atomic E-state index is 13.8. The van der Waals surface area contributed by atoms with Crippen molar-refractivity contribution in [3.8, 4) is 5.75 Å². The summed E-state index contributed by atoms with van der Waals surface area (Å²) in [5.74, 6) is -0.0157. The van der Waals surface area contributed by atoms with E-state index in [9.17, 15) is 14.4 Å². The van der Waals surface area contributed by atoms with Gasteiger partial charge in [0.05, 0.1) is 0 Å². The summed E-state index contributed by atoms with van der Waals surface area (Å²) in [6.45, 7) is 11.2. The molecule has 1 amide bonds. The molecule has 3 aliphatic rings. The van der Waals surface area contributed by atoms with Crippen LogP contribution in [0.5, 0.6) is 5.75 Å². The Kier molecular flexibility index (Phi) is 7.43. The van der Waals surface area contributed by atoms with Gasteiger partial charge < -0.3 is 15.0 Å². The number of hydrogen-bond acceptors (Lipinski definition) is 5. The zero-order valence-electron chi connectivity index (χ0n) is 23.9. The normalized spacial score (nSPS) is 20.3. The molecule has 0 atom stereocenters. The lowest BCUT2D eigenvalue weighted by molar-refractivity contribution is -0.120. The number of ether oxygens (including phenoxy) is 1. The number of anilines is 1. The number of nitrogens with zero attached hydrogens (tertiary/aromatic N) is 1. The predicted molar refractivity (Wildman–Crippen MR) is 157 cm³/mol. The van der Waals surface area contributed by atoms with Gasteiger partial charge in [0.15, 0.2) is 18.2 Å². The maximum absolute atomic E-state index is 13.8. The predicted octanol–water partition coefficient (Wildman–Crippen LogP) is 7.06. The summed E-state index contributed by atoms with van der Waals surface area (Å²) < 4.78 is 5.88. The molecule has 5 rings (SSSR count). The highest BCUT2D eigenvalue weighted by molar-refractivity contribution is 6.30. The van der Waals surface area contributed by atoms with Crippen LogP contribution >= 0.6 is 11.6 Å². The molecule has 0 fully saturated rings. The average molecular weight is 561 g/mol. The van der Waals surface area contributed by atoms with Crippen molar-refractivity contribution in [2.45, 2.75) is 66.2 Å². The van der Waals surface area contributed by atoms with Crippen molar-refractivity contribution >= 4 is 34.8 Å². The van der Waals surface area contributed by atoms with Crippen LogP contribution in [0.4, 0.5) is 5.69 Å². The van der Waals surface area contributed by atoms with Crippen molar-refractivity contribution in [3.63, 3.8) is 0 Å². The van der Waals surface area contributed by atoms with Crippen LogP contribution in [0.25, 0.3) is 0 Å². The molecular formula is C33H37ClN2O4. The van der Waals surface area contributed by atoms with E-state index < -0.39 is 5.92 Å². The Morgan fingerprint density at radius 2 is 1.50 bits per heavy atom. The fraction of sp³-hybridized carbons (Fsp3) is 0.424. The molecule has 7 heteroatoms. The second kappa shape index (κ2) is 10.5. The number of nitrogens with one attached hydrogen (secondary N) is 1. The second-order valence-corrected chi connectivity index (χ2v) is 13.1. The Hall–Kier alpha value is -3.38. The highest BCUT2D eigenvalue weighted by Gasteiger charge is 2.48. The van der Waals surface area contributed by atoms with Crippen molar-refractivity contribution in [1.29, 1.82) is 0 Å². The zero-order valence-corrected chi connectivity index (χ0v) is 24.7. The van der Waals surface area contributed by atoms with Crippen LogP contribution in [-0.4, -0.2) is 35.5 Å². The van der Waals surface area contributed by atoms with Crippen LogP contribution in [0.1, 0.15) is 71.8 Å². The van der Waals surface area contributed by atoms with Crippen molar-refractivity contribution < 1.29 is 19.1 Å². The van der Waals surface area contributed by atoms with E-state index in [-0.39, 0.29) is 34.9 Å². The van der Waals surface area contributed by atoms with E-state index in [1.165, 1.54) is 0 Å². The first-order chi connectivity index (χ1) is 18.9. The summed E-state index contributed by atoms with van der Waals surface area (Å²) in [6.07, 6.45) is 2.46. The SMILES string of the molecule is CCN1C2=C(C(=O)CC(C)(C)C2)C(c2cccc(OCC(=O)Nc3ccc(Cl)cc3)c2)C2=C1CC(C)(C)CC2=O. The van der Waals surface area contributed by atoms with Gasteiger partial charge >= 0.3 is 0 Å². The minimum Gasteiger partial charge on any atom is -0.484 e. The average Bonchev–Trinajstić information content (AvgIpc) is 2.86. The second-order valence-electron chi connectivity index (χ2n) is 12.7. The molecule has 0 bridgehead atoms. The van der Waals surface area contributed by atoms with E-state index in [0.29, 0.717) is 35.8 Å². The number of halogens is 1. The molecule has 1 aliphatic heterocycles. The fourth-order valence-corrected chi connectivity index (χ4v) is 6.55. The quantitative estimate of drug-likeness (QED) is 0.409. The first kappa shape index (κ1) is 28.2. The molecule has 2 aromatic carbocycles. The van der Waals surface area contributed by atoms with Gasteiger partial charge in [0.2, 0.25) is 0 Å². The van der Waals surface area contributed by atoms with Gasteiger partial charge in [-0.25, -0.2) is 0 Å². The van der Waals surface area contributed by atoms with E-state index in [1.807, 2.05) is 18.2 Å². The standard InChI is InChI=1S/C33H37ClN2O4/c1-6-36-24-15-32(2,3)17-26(37)30(24)29(31-25(36)16-33(4,5)18-27(31)38)20-8-7-9-23(14-20)40-19-28(39)35-22-12-10-21(34)11-13-22/h7-14,29H,6,15-19H2,1-5H3,(H,35,39). The van der Waals surface area contributed by atoms with Gasteiger partial charge in [-0.15, -0.1) is 0 Å². The number of carbonyl (C=O) groups excluding carboxylic acids is 3. The summed E-state index contributed by atoms with van der Waals surface area (Å²) in [6, 6.07) is 14.4. The molecule has 0 spiro atoms. The largest absolute Gasteiger partial charge is 0.484 e. The first-order valence-corrected chi connectivity index (χ1v) is 14.3. The molecule has 40 heavy (non-hydrogen) atoms. The Bertz CT molecular complexity index is 1380. The molecule has 0 unspecified atom stereocenters. The molecule has 1 heterocycles. The molecular weight excluding hydrogens is 524 g/mol. The maximum Gasteiger partial charge on any atom is 0.262 e. The van der Waals surface area contributed by atoms with Gasteiger partial charge in [0, 0.05) is 58.6 Å². The Balaban J connectivity index is 1.49. The Morgan fingerprint density at radius 3 is 2.05 bits per heavy atom. The molecule has 2 aromatic rings. The topological polar surface area (TPSA) is 75.7 Å². The van der Waals surface area contributed by atoms with E-state index in [0.717, 1.165) is 40.9 Å². The smallest absolute Gasteiger partial charge is 0.262 e. The molecule has 6 nitrogen and oxygen atoms in total. The van der Waals surface area contributed by atoms with Crippen molar-refractivity contribution in [3.05, 3.63) is 81.7 Å². The molecule has 2 aliphatic carbocycles. The van der Waals surface area contributed by atoms with E-state index in [2.05, 4.69) is 44.8 Å². The monoisotopic (exact) mass is 560 g/mol. The summed E-state index contributed by atoms with van der Waals surface area (Å²) in [5, 5.41) is 3.39. The summed E-state index contributed by atoms with van der Waals surface area (Å²) in [7, 11) is 0. The Morgan fingerprint density at radius 1 is 0.925 bits per heavy atom. The summed E-state index contributed by atoms with van der Waals surface area (Å²) in [5.41, 5.74) is 4.75. The Labute approximate surface area is 241 Å². The van der Waals surface area contributed by atoms with Crippen LogP contribution < -0.4 is 10.1 Å². The van der Waals surface area contributed by atoms with E-state index >= 15 is 0 Å². The highest BCUT2D eigenvalue weighted by Crippen LogP contribution is 2.54. The number of ketones is 2. The van der Waals surface area contributed by atoms with Crippen molar-refractivity contribution in [2.24, 2.45) is 10.8 Å². The van der Waals surface area contributed by atoms with Crippen LogP contribution in [0.3, 0.4) is 0 Å². The van der Waals surface area contributed by atoms with E-state index in [1.54, 1.807) is 30.3 Å². The number of benzene rings is 2. The molecule has 1 N–H and O–H groups in total. The van der Waals surface area contributed by atoms with Gasteiger partial charge in [0.1, 0.15) is 5.75 Å². The summed E-state index contributed by atoms with van der Waals surface area (Å²) in [4.78, 5) is 42.3. The van der Waals surface area contributed by atoms with Gasteiger partial charge in [-0.1, -0.05) is 51.4 Å². The number of hydrogen-bond donors (Lipinski definition) is 1. The zero-order chi connectivity index (χ0) is 28.8.